The molecule has 0 aromatic heterocycles. The first-order valence-corrected chi connectivity index (χ1v) is 5.97. The van der Waals surface area contributed by atoms with Gasteiger partial charge in [0, 0.05) is 0 Å². The lowest BCUT2D eigenvalue weighted by Gasteiger charge is -2.11. The Bertz CT molecular complexity index is 133. The molecule has 78 valence electrons. The Labute approximate surface area is 84.4 Å². The van der Waals surface area contributed by atoms with E-state index in [0.29, 0.717) is 0 Å². The van der Waals surface area contributed by atoms with Crippen molar-refractivity contribution in [2.75, 3.05) is 0 Å². The lowest BCUT2D eigenvalue weighted by Crippen LogP contribution is -1.95. The van der Waals surface area contributed by atoms with Gasteiger partial charge < -0.3 is 0 Å². The van der Waals surface area contributed by atoms with Crippen LogP contribution in [0.2, 0.25) is 0 Å². The average Bonchev–Trinajstić information content (AvgIpc) is 2.16. The van der Waals surface area contributed by atoms with Gasteiger partial charge in [-0.05, 0) is 31.6 Å². The summed E-state index contributed by atoms with van der Waals surface area (Å²) in [6.45, 7) is 9.13. The highest BCUT2D eigenvalue weighted by molar-refractivity contribution is 5.03. The van der Waals surface area contributed by atoms with E-state index in [9.17, 15) is 0 Å². The summed E-state index contributed by atoms with van der Waals surface area (Å²) in [5, 5.41) is 0. The van der Waals surface area contributed by atoms with Gasteiger partial charge in [0.2, 0.25) is 0 Å². The van der Waals surface area contributed by atoms with Crippen molar-refractivity contribution in [1.29, 1.82) is 0 Å². The lowest BCUT2D eigenvalue weighted by atomic mass is 9.95. The fraction of sp³-hybridized carbons (Fsp3) is 0.846. The molecule has 0 heterocycles. The third-order valence-corrected chi connectivity index (χ3v) is 2.68. The summed E-state index contributed by atoms with van der Waals surface area (Å²) in [4.78, 5) is 0. The van der Waals surface area contributed by atoms with Gasteiger partial charge in [0.25, 0.3) is 0 Å². The first-order valence-electron chi connectivity index (χ1n) is 5.97. The van der Waals surface area contributed by atoms with Gasteiger partial charge >= 0.3 is 0 Å². The van der Waals surface area contributed by atoms with E-state index in [1.165, 1.54) is 38.5 Å². The molecule has 0 heteroatoms. The molecule has 0 saturated heterocycles. The molecular weight excluding hydrogens is 156 g/mol. The standard InChI is InChI=1S/C13H26/c1-5-9-12(7-3)11-13(8-4)10-6-2/h11-12H,5-10H2,1-4H3. The molecule has 1 unspecified atom stereocenters. The van der Waals surface area contributed by atoms with Crippen LogP contribution in [0.3, 0.4) is 0 Å². The van der Waals surface area contributed by atoms with Gasteiger partial charge in [0.1, 0.15) is 0 Å². The Balaban J connectivity index is 4.08. The molecule has 0 N–H and O–H groups in total. The van der Waals surface area contributed by atoms with E-state index in [1.54, 1.807) is 5.57 Å². The number of allylic oxidation sites excluding steroid dienone is 2. The van der Waals surface area contributed by atoms with E-state index in [0.717, 1.165) is 5.92 Å². The summed E-state index contributed by atoms with van der Waals surface area (Å²) in [6, 6.07) is 0. The molecule has 0 nitrogen and oxygen atoms in total. The predicted octanol–water partition coefficient (Wildman–Crippen LogP) is 4.95. The molecule has 0 aliphatic rings. The molecule has 1 atom stereocenters. The van der Waals surface area contributed by atoms with Crippen molar-refractivity contribution in [3.05, 3.63) is 11.6 Å². The molecule has 0 aliphatic heterocycles. The van der Waals surface area contributed by atoms with Gasteiger partial charge in [-0.2, -0.15) is 0 Å². The van der Waals surface area contributed by atoms with Gasteiger partial charge in [-0.3, -0.25) is 0 Å². The van der Waals surface area contributed by atoms with E-state index in [-0.39, 0.29) is 0 Å². The van der Waals surface area contributed by atoms with Crippen molar-refractivity contribution < 1.29 is 0 Å². The molecule has 0 rings (SSSR count). The summed E-state index contributed by atoms with van der Waals surface area (Å²) in [5.41, 5.74) is 1.67. The Morgan fingerprint density at radius 1 is 1.08 bits per heavy atom. The topological polar surface area (TPSA) is 0 Å². The van der Waals surface area contributed by atoms with E-state index < -0.39 is 0 Å². The zero-order valence-corrected chi connectivity index (χ0v) is 9.90. The molecular formula is C13H26. The van der Waals surface area contributed by atoms with Crippen LogP contribution in [0.15, 0.2) is 11.6 Å². The van der Waals surface area contributed by atoms with Gasteiger partial charge in [-0.1, -0.05) is 52.2 Å². The highest BCUT2D eigenvalue weighted by Crippen LogP contribution is 2.18. The van der Waals surface area contributed by atoms with E-state index in [1.807, 2.05) is 0 Å². The van der Waals surface area contributed by atoms with Crippen LogP contribution in [0.25, 0.3) is 0 Å². The summed E-state index contributed by atoms with van der Waals surface area (Å²) in [6.07, 6.45) is 10.4. The quantitative estimate of drug-likeness (QED) is 0.489. The summed E-state index contributed by atoms with van der Waals surface area (Å²) in [7, 11) is 0. The van der Waals surface area contributed by atoms with Crippen LogP contribution < -0.4 is 0 Å². The van der Waals surface area contributed by atoms with Crippen LogP contribution in [0, 0.1) is 5.92 Å². The van der Waals surface area contributed by atoms with Crippen molar-refractivity contribution in [3.8, 4) is 0 Å². The molecule has 0 bridgehead atoms. The summed E-state index contributed by atoms with van der Waals surface area (Å²) >= 11 is 0. The monoisotopic (exact) mass is 182 g/mol. The maximum absolute atomic E-state index is 2.53. The van der Waals surface area contributed by atoms with Crippen LogP contribution in [-0.4, -0.2) is 0 Å². The van der Waals surface area contributed by atoms with Crippen molar-refractivity contribution in [2.45, 2.75) is 66.2 Å². The molecule has 0 aliphatic carbocycles. The van der Waals surface area contributed by atoms with Crippen LogP contribution in [0.5, 0.6) is 0 Å². The second-order valence-electron chi connectivity index (χ2n) is 3.89. The Morgan fingerprint density at radius 3 is 2.15 bits per heavy atom. The molecule has 0 aromatic rings. The van der Waals surface area contributed by atoms with E-state index >= 15 is 0 Å². The Kier molecular flexibility index (Phi) is 8.18. The second kappa shape index (κ2) is 8.34. The SMILES string of the molecule is CCCC(=CC(CC)CCC)CC. The maximum atomic E-state index is 2.53. The van der Waals surface area contributed by atoms with E-state index in [4.69, 9.17) is 0 Å². The van der Waals surface area contributed by atoms with Crippen molar-refractivity contribution >= 4 is 0 Å². The van der Waals surface area contributed by atoms with Crippen LogP contribution >= 0.6 is 0 Å². The minimum Gasteiger partial charge on any atom is -0.0822 e. The van der Waals surface area contributed by atoms with Crippen molar-refractivity contribution in [1.82, 2.24) is 0 Å². The minimum atomic E-state index is 0.839. The second-order valence-corrected chi connectivity index (χ2v) is 3.89. The normalized spacial score (nSPS) is 14.6. The third kappa shape index (κ3) is 5.90. The van der Waals surface area contributed by atoms with Crippen molar-refractivity contribution in [3.63, 3.8) is 0 Å². The summed E-state index contributed by atoms with van der Waals surface area (Å²) in [5.74, 6) is 0.839. The van der Waals surface area contributed by atoms with Gasteiger partial charge in [-0.25, -0.2) is 0 Å². The fourth-order valence-corrected chi connectivity index (χ4v) is 1.81. The molecule has 0 saturated carbocycles. The first kappa shape index (κ1) is 12.7. The molecule has 0 aromatic carbocycles. The van der Waals surface area contributed by atoms with Crippen LogP contribution in [0.1, 0.15) is 66.2 Å². The molecule has 0 radical (unpaired) electrons. The Hall–Kier alpha value is -0.260. The number of hydrogen-bond donors (Lipinski definition) is 0. The highest BCUT2D eigenvalue weighted by atomic mass is 14.1. The van der Waals surface area contributed by atoms with Gasteiger partial charge in [0.15, 0.2) is 0 Å². The smallest absolute Gasteiger partial charge is 0.0234 e. The third-order valence-electron chi connectivity index (χ3n) is 2.68. The van der Waals surface area contributed by atoms with Crippen molar-refractivity contribution in [2.24, 2.45) is 5.92 Å². The van der Waals surface area contributed by atoms with Crippen LogP contribution in [-0.2, 0) is 0 Å². The Morgan fingerprint density at radius 2 is 1.77 bits per heavy atom. The number of rotatable bonds is 7. The van der Waals surface area contributed by atoms with E-state index in [2.05, 4.69) is 33.8 Å². The predicted molar refractivity (Wildman–Crippen MR) is 62.0 cm³/mol. The molecule has 0 fully saturated rings. The van der Waals surface area contributed by atoms with Gasteiger partial charge in [0.05, 0.1) is 0 Å². The first-order chi connectivity index (χ1) is 6.28. The number of hydrogen-bond acceptors (Lipinski definition) is 0. The molecule has 13 heavy (non-hydrogen) atoms. The fourth-order valence-electron chi connectivity index (χ4n) is 1.81. The maximum Gasteiger partial charge on any atom is -0.0234 e. The minimum absolute atomic E-state index is 0.839. The average molecular weight is 182 g/mol. The highest BCUT2D eigenvalue weighted by Gasteiger charge is 2.02. The largest absolute Gasteiger partial charge is 0.0822 e. The zero-order valence-electron chi connectivity index (χ0n) is 9.90. The summed E-state index contributed by atoms with van der Waals surface area (Å²) < 4.78 is 0. The van der Waals surface area contributed by atoms with Gasteiger partial charge in [-0.15, -0.1) is 0 Å². The molecule has 0 amide bonds. The van der Waals surface area contributed by atoms with Crippen LogP contribution in [0.4, 0.5) is 0 Å². The molecule has 0 spiro atoms. The zero-order chi connectivity index (χ0) is 10.1. The lowest BCUT2D eigenvalue weighted by molar-refractivity contribution is 0.556.